The molecule has 0 atom stereocenters. The molecule has 0 bridgehead atoms. The minimum atomic E-state index is -0.165. The van der Waals surface area contributed by atoms with E-state index in [0.29, 0.717) is 17.4 Å². The van der Waals surface area contributed by atoms with E-state index in [2.05, 4.69) is 46.8 Å². The third-order valence-electron chi connectivity index (χ3n) is 4.65. The predicted molar refractivity (Wildman–Crippen MR) is 133 cm³/mol. The number of hydrogen-bond donors (Lipinski definition) is 0. The zero-order chi connectivity index (χ0) is 24.6. The standard InChI is InChI=1S/C13H14O3.C7H8.C6H14.C2H6/c1-8(2)13(16)12-5-4-10(9(3)15)6-11(12)7-14;1-7-5-3-2-4-6-7;1-5(2)6(3)4;1-2/h4-8H,1-3H3;2-6H,1H3;5-6H,1-4H3;1-2H3. The van der Waals surface area contributed by atoms with Crippen LogP contribution >= 0.6 is 0 Å². The third-order valence-corrected chi connectivity index (χ3v) is 4.65. The Morgan fingerprint density at radius 1 is 0.806 bits per heavy atom. The molecule has 0 saturated heterocycles. The second-order valence-electron chi connectivity index (χ2n) is 8.14. The molecule has 31 heavy (non-hydrogen) atoms. The van der Waals surface area contributed by atoms with Crippen molar-refractivity contribution in [1.29, 1.82) is 0 Å². The highest BCUT2D eigenvalue weighted by Crippen LogP contribution is 2.15. The zero-order valence-corrected chi connectivity index (χ0v) is 21.2. The van der Waals surface area contributed by atoms with Crippen LogP contribution in [0.1, 0.15) is 99.0 Å². The lowest BCUT2D eigenvalue weighted by molar-refractivity contribution is 0.0933. The quantitative estimate of drug-likeness (QED) is 0.361. The van der Waals surface area contributed by atoms with Crippen LogP contribution in [0, 0.1) is 24.7 Å². The van der Waals surface area contributed by atoms with Gasteiger partial charge in [0.2, 0.25) is 0 Å². The smallest absolute Gasteiger partial charge is 0.166 e. The van der Waals surface area contributed by atoms with E-state index in [4.69, 9.17) is 0 Å². The van der Waals surface area contributed by atoms with Crippen LogP contribution in [0.4, 0.5) is 0 Å². The Morgan fingerprint density at radius 2 is 1.29 bits per heavy atom. The average molecular weight is 427 g/mol. The monoisotopic (exact) mass is 426 g/mol. The molecule has 2 aromatic rings. The molecule has 2 rings (SSSR count). The Labute approximate surface area is 190 Å². The maximum Gasteiger partial charge on any atom is 0.166 e. The molecule has 3 heteroatoms. The average Bonchev–Trinajstić information content (AvgIpc) is 2.75. The summed E-state index contributed by atoms with van der Waals surface area (Å²) in [6, 6.07) is 14.8. The van der Waals surface area contributed by atoms with Crippen LogP contribution in [0.3, 0.4) is 0 Å². The van der Waals surface area contributed by atoms with Crippen LogP contribution in [-0.4, -0.2) is 17.9 Å². The molecule has 3 nitrogen and oxygen atoms in total. The van der Waals surface area contributed by atoms with E-state index in [1.54, 1.807) is 26.0 Å². The number of rotatable bonds is 5. The first-order valence-electron chi connectivity index (χ1n) is 11.2. The Hall–Kier alpha value is -2.55. The lowest BCUT2D eigenvalue weighted by atomic mass is 9.95. The van der Waals surface area contributed by atoms with Gasteiger partial charge in [0, 0.05) is 22.6 Å². The van der Waals surface area contributed by atoms with Crippen molar-refractivity contribution in [3.05, 3.63) is 70.8 Å². The van der Waals surface area contributed by atoms with E-state index in [-0.39, 0.29) is 23.0 Å². The molecule has 0 aliphatic rings. The summed E-state index contributed by atoms with van der Waals surface area (Å²) in [6.45, 7) is 20.0. The molecule has 172 valence electrons. The highest BCUT2D eigenvalue weighted by atomic mass is 16.1. The van der Waals surface area contributed by atoms with Gasteiger partial charge in [0.15, 0.2) is 17.9 Å². The van der Waals surface area contributed by atoms with Gasteiger partial charge >= 0.3 is 0 Å². The van der Waals surface area contributed by atoms with Gasteiger partial charge in [0.1, 0.15) is 0 Å². The topological polar surface area (TPSA) is 51.2 Å². The molecule has 0 N–H and O–H groups in total. The van der Waals surface area contributed by atoms with Crippen molar-refractivity contribution >= 4 is 17.9 Å². The Kier molecular flexibility index (Phi) is 17.0. The first-order valence-corrected chi connectivity index (χ1v) is 11.2. The van der Waals surface area contributed by atoms with Crippen molar-refractivity contribution in [3.8, 4) is 0 Å². The van der Waals surface area contributed by atoms with Gasteiger partial charge in [-0.3, -0.25) is 14.4 Å². The minimum absolute atomic E-state index is 0.0859. The molecular weight excluding hydrogens is 384 g/mol. The van der Waals surface area contributed by atoms with Gasteiger partial charge in [-0.25, -0.2) is 0 Å². The van der Waals surface area contributed by atoms with Gasteiger partial charge in [-0.05, 0) is 37.8 Å². The highest BCUT2D eigenvalue weighted by Gasteiger charge is 2.15. The molecule has 0 unspecified atom stereocenters. The van der Waals surface area contributed by atoms with Crippen LogP contribution in [-0.2, 0) is 0 Å². The van der Waals surface area contributed by atoms with Crippen molar-refractivity contribution < 1.29 is 14.4 Å². The molecule has 0 aromatic heterocycles. The maximum absolute atomic E-state index is 11.8. The summed E-state index contributed by atoms with van der Waals surface area (Å²) in [7, 11) is 0. The SMILES string of the molecule is CC.CC(=O)c1ccc(C(=O)C(C)C)c(C=O)c1.CC(C)C(C)C.Cc1ccccc1. The van der Waals surface area contributed by atoms with E-state index in [1.807, 2.05) is 32.0 Å². The fourth-order valence-electron chi connectivity index (χ4n) is 1.95. The molecule has 0 saturated carbocycles. The van der Waals surface area contributed by atoms with Gasteiger partial charge in [-0.15, -0.1) is 0 Å². The van der Waals surface area contributed by atoms with Crippen molar-refractivity contribution in [2.45, 2.75) is 69.2 Å². The summed E-state index contributed by atoms with van der Waals surface area (Å²) in [6.07, 6.45) is 0.613. The van der Waals surface area contributed by atoms with Gasteiger partial charge in [0.25, 0.3) is 0 Å². The summed E-state index contributed by atoms with van der Waals surface area (Å²) in [5.41, 5.74) is 2.44. The second kappa shape index (κ2) is 17.2. The summed E-state index contributed by atoms with van der Waals surface area (Å²) >= 11 is 0. The van der Waals surface area contributed by atoms with Crippen LogP contribution in [0.2, 0.25) is 0 Å². The van der Waals surface area contributed by atoms with Crippen LogP contribution < -0.4 is 0 Å². The van der Waals surface area contributed by atoms with Gasteiger partial charge in [0.05, 0.1) is 0 Å². The van der Waals surface area contributed by atoms with E-state index in [1.165, 1.54) is 18.6 Å². The third kappa shape index (κ3) is 13.4. The number of benzene rings is 2. The van der Waals surface area contributed by atoms with Crippen LogP contribution in [0.15, 0.2) is 48.5 Å². The lowest BCUT2D eigenvalue weighted by Crippen LogP contribution is -2.11. The van der Waals surface area contributed by atoms with Crippen molar-refractivity contribution in [1.82, 2.24) is 0 Å². The summed E-state index contributed by atoms with van der Waals surface area (Å²) in [5, 5.41) is 0. The minimum Gasteiger partial charge on any atom is -0.298 e. The Balaban J connectivity index is 0. The normalized spacial score (nSPS) is 9.58. The van der Waals surface area contributed by atoms with E-state index >= 15 is 0 Å². The summed E-state index contributed by atoms with van der Waals surface area (Å²) in [4.78, 5) is 33.8. The van der Waals surface area contributed by atoms with Gasteiger partial charge in [-0.2, -0.15) is 0 Å². The first-order chi connectivity index (χ1) is 14.5. The Morgan fingerprint density at radius 3 is 1.58 bits per heavy atom. The molecule has 2 aromatic carbocycles. The Bertz CT molecular complexity index is 766. The largest absolute Gasteiger partial charge is 0.298 e. The summed E-state index contributed by atoms with van der Waals surface area (Å²) in [5.74, 6) is 1.33. The zero-order valence-electron chi connectivity index (χ0n) is 21.2. The molecule has 0 spiro atoms. The van der Waals surface area contributed by atoms with Crippen molar-refractivity contribution in [3.63, 3.8) is 0 Å². The fraction of sp³-hybridized carbons (Fsp3) is 0.464. The second-order valence-corrected chi connectivity index (χ2v) is 8.14. The molecule has 0 aliphatic heterocycles. The highest BCUT2D eigenvalue weighted by molar-refractivity contribution is 6.05. The summed E-state index contributed by atoms with van der Waals surface area (Å²) < 4.78 is 0. The molecule has 0 fully saturated rings. The molecule has 0 heterocycles. The number of carbonyl (C=O) groups excluding carboxylic acids is 3. The first kappa shape index (κ1) is 30.6. The van der Waals surface area contributed by atoms with Gasteiger partial charge < -0.3 is 0 Å². The fourth-order valence-corrected chi connectivity index (χ4v) is 1.95. The number of Topliss-reactive ketones (excluding diaryl/α,β-unsaturated/α-hetero) is 2. The van der Waals surface area contributed by atoms with Gasteiger partial charge in [-0.1, -0.05) is 97.4 Å². The lowest BCUT2D eigenvalue weighted by Gasteiger charge is -2.07. The number of hydrogen-bond acceptors (Lipinski definition) is 3. The van der Waals surface area contributed by atoms with E-state index < -0.39 is 0 Å². The number of ketones is 2. The van der Waals surface area contributed by atoms with E-state index in [0.717, 1.165) is 11.8 Å². The van der Waals surface area contributed by atoms with E-state index in [9.17, 15) is 14.4 Å². The molecule has 0 aliphatic carbocycles. The number of aldehydes is 1. The predicted octanol–water partition coefficient (Wildman–Crippen LogP) is 7.86. The molecule has 0 amide bonds. The molecule has 0 radical (unpaired) electrons. The van der Waals surface area contributed by atoms with Crippen LogP contribution in [0.25, 0.3) is 0 Å². The van der Waals surface area contributed by atoms with Crippen molar-refractivity contribution in [2.75, 3.05) is 0 Å². The van der Waals surface area contributed by atoms with Crippen molar-refractivity contribution in [2.24, 2.45) is 17.8 Å². The maximum atomic E-state index is 11.8. The number of aryl methyl sites for hydroxylation is 1. The number of carbonyl (C=O) groups is 3. The van der Waals surface area contributed by atoms with Crippen LogP contribution in [0.5, 0.6) is 0 Å². The molecular formula is C28H42O3.